The van der Waals surface area contributed by atoms with Crippen LogP contribution in [0.4, 0.5) is 5.69 Å². The maximum atomic E-state index is 12.5. The zero-order chi connectivity index (χ0) is 20.6. The van der Waals surface area contributed by atoms with Gasteiger partial charge >= 0.3 is 0 Å². The zero-order valence-electron chi connectivity index (χ0n) is 17.5. The molecule has 1 saturated heterocycles. The highest BCUT2D eigenvalue weighted by Gasteiger charge is 2.17. The molecule has 1 aliphatic rings. The van der Waals surface area contributed by atoms with E-state index in [-0.39, 0.29) is 5.91 Å². The van der Waals surface area contributed by atoms with E-state index in [1.54, 1.807) is 20.4 Å². The van der Waals surface area contributed by atoms with Crippen LogP contribution in [0.1, 0.15) is 23.0 Å². The first-order valence-corrected chi connectivity index (χ1v) is 10.1. The van der Waals surface area contributed by atoms with Crippen LogP contribution >= 0.6 is 0 Å². The van der Waals surface area contributed by atoms with Crippen LogP contribution in [0.25, 0.3) is 0 Å². The Bertz CT molecular complexity index is 819. The number of carbonyl (C=O) groups is 1. The minimum absolute atomic E-state index is 0.153. The van der Waals surface area contributed by atoms with Crippen molar-refractivity contribution in [3.63, 3.8) is 0 Å². The summed E-state index contributed by atoms with van der Waals surface area (Å²) < 4.78 is 10.6. The minimum Gasteiger partial charge on any atom is -0.493 e. The maximum absolute atomic E-state index is 12.5. The summed E-state index contributed by atoms with van der Waals surface area (Å²) in [4.78, 5) is 21.5. The molecule has 1 aliphatic heterocycles. The topological polar surface area (TPSA) is 66.9 Å². The number of aromatic nitrogens is 1. The monoisotopic (exact) mass is 398 g/mol. The molecule has 29 heavy (non-hydrogen) atoms. The normalized spacial score (nSPS) is 14.5. The highest BCUT2D eigenvalue weighted by molar-refractivity contribution is 5.93. The Morgan fingerprint density at radius 2 is 1.83 bits per heavy atom. The molecule has 3 rings (SSSR count). The molecule has 0 atom stereocenters. The van der Waals surface area contributed by atoms with Gasteiger partial charge in [-0.3, -0.25) is 9.78 Å². The van der Waals surface area contributed by atoms with Crippen LogP contribution in [0.5, 0.6) is 11.5 Å². The molecule has 2 heterocycles. The molecule has 0 bridgehead atoms. The van der Waals surface area contributed by atoms with Crippen molar-refractivity contribution in [1.29, 1.82) is 0 Å². The number of pyridine rings is 1. The molecule has 1 N–H and O–H groups in total. The average molecular weight is 399 g/mol. The molecule has 0 saturated carbocycles. The highest BCUT2D eigenvalue weighted by Crippen LogP contribution is 2.27. The number of rotatable bonds is 8. The number of piperazine rings is 1. The first-order chi connectivity index (χ1) is 14.1. The molecule has 0 radical (unpaired) electrons. The summed E-state index contributed by atoms with van der Waals surface area (Å²) in [7, 11) is 3.23. The van der Waals surface area contributed by atoms with Gasteiger partial charge in [-0.05, 0) is 42.8 Å². The Balaban J connectivity index is 1.55. The lowest BCUT2D eigenvalue weighted by Gasteiger charge is -2.35. The van der Waals surface area contributed by atoms with Crippen LogP contribution in [0.15, 0.2) is 36.5 Å². The van der Waals surface area contributed by atoms with E-state index < -0.39 is 0 Å². The third-order valence-corrected chi connectivity index (χ3v) is 5.31. The molecular formula is C22H30N4O3. The fourth-order valence-electron chi connectivity index (χ4n) is 3.51. The quantitative estimate of drug-likeness (QED) is 0.736. The summed E-state index contributed by atoms with van der Waals surface area (Å²) in [6.07, 6.45) is 2.41. The van der Waals surface area contributed by atoms with Gasteiger partial charge in [-0.15, -0.1) is 0 Å². The van der Waals surface area contributed by atoms with Gasteiger partial charge in [-0.1, -0.05) is 13.0 Å². The number of benzene rings is 1. The summed E-state index contributed by atoms with van der Waals surface area (Å²) >= 11 is 0. The number of likely N-dealkylation sites (N-methyl/N-ethyl adjacent to an activating group) is 1. The van der Waals surface area contributed by atoms with Gasteiger partial charge in [-0.25, -0.2) is 0 Å². The molecule has 0 unspecified atom stereocenters. The number of anilines is 1. The average Bonchev–Trinajstić information content (AvgIpc) is 2.79. The van der Waals surface area contributed by atoms with Gasteiger partial charge in [0.1, 0.15) is 5.69 Å². The van der Waals surface area contributed by atoms with Gasteiger partial charge in [0.15, 0.2) is 11.5 Å². The maximum Gasteiger partial charge on any atom is 0.269 e. The number of hydrogen-bond donors (Lipinski definition) is 1. The van der Waals surface area contributed by atoms with Crippen LogP contribution in [0, 0.1) is 0 Å². The Morgan fingerprint density at radius 3 is 2.52 bits per heavy atom. The minimum atomic E-state index is -0.153. The number of hydrogen-bond acceptors (Lipinski definition) is 6. The van der Waals surface area contributed by atoms with Crippen molar-refractivity contribution in [3.8, 4) is 11.5 Å². The second-order valence-corrected chi connectivity index (χ2v) is 7.02. The molecule has 0 spiro atoms. The van der Waals surface area contributed by atoms with Gasteiger partial charge in [0, 0.05) is 44.6 Å². The Morgan fingerprint density at radius 1 is 1.07 bits per heavy atom. The molecule has 156 valence electrons. The van der Waals surface area contributed by atoms with Crippen LogP contribution < -0.4 is 19.7 Å². The SMILES string of the molecule is CCN1CCN(c2ccnc(C(=O)NCCc3ccc(OC)c(OC)c3)c2)CC1. The molecule has 1 aromatic carbocycles. The standard InChI is InChI=1S/C22H30N4O3/c1-4-25-11-13-26(14-12-25)18-8-10-23-19(16-18)22(27)24-9-7-17-5-6-20(28-2)21(15-17)29-3/h5-6,8,10,15-16H,4,7,9,11-14H2,1-3H3,(H,24,27). The highest BCUT2D eigenvalue weighted by atomic mass is 16.5. The lowest BCUT2D eigenvalue weighted by Crippen LogP contribution is -2.46. The molecule has 1 aromatic heterocycles. The molecule has 1 amide bonds. The van der Waals surface area contributed by atoms with Gasteiger partial charge < -0.3 is 24.6 Å². The molecule has 7 heteroatoms. The van der Waals surface area contributed by atoms with Crippen molar-refractivity contribution in [2.45, 2.75) is 13.3 Å². The fraction of sp³-hybridized carbons (Fsp3) is 0.455. The van der Waals surface area contributed by atoms with Gasteiger partial charge in [0.05, 0.1) is 14.2 Å². The molecule has 2 aromatic rings. The van der Waals surface area contributed by atoms with Crippen LogP contribution in [0.2, 0.25) is 0 Å². The Kier molecular flexibility index (Phi) is 7.30. The molecular weight excluding hydrogens is 368 g/mol. The Labute approximate surface area is 172 Å². The molecule has 1 fully saturated rings. The summed E-state index contributed by atoms with van der Waals surface area (Å²) in [5.74, 6) is 1.23. The summed E-state index contributed by atoms with van der Waals surface area (Å²) in [6, 6.07) is 9.64. The van der Waals surface area contributed by atoms with E-state index in [4.69, 9.17) is 9.47 Å². The lowest BCUT2D eigenvalue weighted by atomic mass is 10.1. The van der Waals surface area contributed by atoms with E-state index in [0.717, 1.165) is 44.0 Å². The van der Waals surface area contributed by atoms with E-state index in [1.165, 1.54) is 0 Å². The van der Waals surface area contributed by atoms with E-state index in [9.17, 15) is 4.79 Å². The summed E-state index contributed by atoms with van der Waals surface area (Å²) in [5, 5.41) is 2.96. The second-order valence-electron chi connectivity index (χ2n) is 7.02. The van der Waals surface area contributed by atoms with Crippen molar-refractivity contribution in [1.82, 2.24) is 15.2 Å². The van der Waals surface area contributed by atoms with Crippen molar-refractivity contribution in [2.24, 2.45) is 0 Å². The summed E-state index contributed by atoms with van der Waals surface area (Å²) in [5.41, 5.74) is 2.58. The van der Waals surface area contributed by atoms with Crippen molar-refractivity contribution in [2.75, 3.05) is 58.4 Å². The third-order valence-electron chi connectivity index (χ3n) is 5.31. The first-order valence-electron chi connectivity index (χ1n) is 10.1. The third kappa shape index (κ3) is 5.38. The largest absolute Gasteiger partial charge is 0.493 e. The predicted molar refractivity (Wildman–Crippen MR) is 114 cm³/mol. The van der Waals surface area contributed by atoms with E-state index >= 15 is 0 Å². The fourth-order valence-corrected chi connectivity index (χ4v) is 3.51. The van der Waals surface area contributed by atoms with Gasteiger partial charge in [0.25, 0.3) is 5.91 Å². The zero-order valence-corrected chi connectivity index (χ0v) is 17.5. The van der Waals surface area contributed by atoms with Crippen molar-refractivity contribution in [3.05, 3.63) is 47.8 Å². The number of nitrogens with zero attached hydrogens (tertiary/aromatic N) is 3. The van der Waals surface area contributed by atoms with Crippen LogP contribution in [-0.4, -0.2) is 69.3 Å². The number of amides is 1. The van der Waals surface area contributed by atoms with Crippen molar-refractivity contribution < 1.29 is 14.3 Å². The van der Waals surface area contributed by atoms with Crippen LogP contribution in [-0.2, 0) is 6.42 Å². The van der Waals surface area contributed by atoms with Crippen LogP contribution in [0.3, 0.4) is 0 Å². The smallest absolute Gasteiger partial charge is 0.269 e. The van der Waals surface area contributed by atoms with Gasteiger partial charge in [0.2, 0.25) is 0 Å². The molecule has 7 nitrogen and oxygen atoms in total. The molecule has 0 aliphatic carbocycles. The first kappa shape index (κ1) is 20.9. The van der Waals surface area contributed by atoms with E-state index in [1.807, 2.05) is 30.3 Å². The number of methoxy groups -OCH3 is 2. The van der Waals surface area contributed by atoms with E-state index in [2.05, 4.69) is 27.0 Å². The van der Waals surface area contributed by atoms with Crippen molar-refractivity contribution >= 4 is 11.6 Å². The predicted octanol–water partition coefficient (Wildman–Crippen LogP) is 2.21. The van der Waals surface area contributed by atoms with E-state index in [0.29, 0.717) is 30.2 Å². The lowest BCUT2D eigenvalue weighted by molar-refractivity contribution is 0.0949. The number of nitrogens with one attached hydrogen (secondary N) is 1. The summed E-state index contributed by atoms with van der Waals surface area (Å²) in [6.45, 7) is 7.83. The number of carbonyl (C=O) groups excluding carboxylic acids is 1. The number of ether oxygens (including phenoxy) is 2. The second kappa shape index (κ2) is 10.1. The Hall–Kier alpha value is -2.80. The van der Waals surface area contributed by atoms with Gasteiger partial charge in [-0.2, -0.15) is 0 Å².